The molecule has 1 atom stereocenters. The molecule has 6 heteroatoms. The summed E-state index contributed by atoms with van der Waals surface area (Å²) in [4.78, 5) is 35.5. The van der Waals surface area contributed by atoms with Crippen LogP contribution in [0.15, 0.2) is 16.9 Å². The van der Waals surface area contributed by atoms with Crippen LogP contribution in [0.25, 0.3) is 10.9 Å². The van der Waals surface area contributed by atoms with Crippen molar-refractivity contribution in [3.05, 3.63) is 39.2 Å². The van der Waals surface area contributed by atoms with Gasteiger partial charge in [0.05, 0.1) is 5.52 Å². The molecule has 0 bridgehead atoms. The Morgan fingerprint density at radius 1 is 1.35 bits per heavy atom. The molecule has 1 unspecified atom stereocenters. The maximum Gasteiger partial charge on any atom is 0.341 e. The summed E-state index contributed by atoms with van der Waals surface area (Å²) < 4.78 is 1.92. The maximum atomic E-state index is 12.6. The van der Waals surface area contributed by atoms with Gasteiger partial charge in [-0.05, 0) is 38.8 Å². The van der Waals surface area contributed by atoms with E-state index in [0.717, 1.165) is 23.9 Å². The van der Waals surface area contributed by atoms with Gasteiger partial charge in [0.2, 0.25) is 11.3 Å². The zero-order valence-electron chi connectivity index (χ0n) is 13.3. The molecule has 1 aliphatic rings. The number of aryl methyl sites for hydroxylation is 1. The van der Waals surface area contributed by atoms with Crippen molar-refractivity contribution < 1.29 is 14.7 Å². The quantitative estimate of drug-likeness (QED) is 0.891. The third kappa shape index (κ3) is 2.21. The first-order valence-electron chi connectivity index (χ1n) is 7.54. The number of nitrogens with zero attached hydrogens (tertiary/aromatic N) is 1. The van der Waals surface area contributed by atoms with Gasteiger partial charge >= 0.3 is 5.97 Å². The Hall–Kier alpha value is -2.63. The minimum absolute atomic E-state index is 0.0938. The molecule has 2 N–H and O–H groups in total. The highest BCUT2D eigenvalue weighted by Crippen LogP contribution is 2.35. The van der Waals surface area contributed by atoms with Gasteiger partial charge in [-0.1, -0.05) is 0 Å². The second-order valence-electron chi connectivity index (χ2n) is 6.02. The summed E-state index contributed by atoms with van der Waals surface area (Å²) in [5.41, 5.74) is 2.14. The van der Waals surface area contributed by atoms with Gasteiger partial charge in [-0.3, -0.25) is 9.59 Å². The number of anilines is 1. The van der Waals surface area contributed by atoms with E-state index in [9.17, 15) is 19.5 Å². The number of benzene rings is 1. The third-order valence-electron chi connectivity index (χ3n) is 4.50. The minimum atomic E-state index is -1.21. The minimum Gasteiger partial charge on any atom is -0.477 e. The van der Waals surface area contributed by atoms with Crippen molar-refractivity contribution in [1.29, 1.82) is 0 Å². The first-order valence-corrected chi connectivity index (χ1v) is 7.54. The molecule has 1 aromatic carbocycles. The lowest BCUT2D eigenvalue weighted by Gasteiger charge is -2.30. The highest BCUT2D eigenvalue weighted by molar-refractivity contribution is 5.99. The lowest BCUT2D eigenvalue weighted by molar-refractivity contribution is -0.114. The van der Waals surface area contributed by atoms with Gasteiger partial charge in [0.15, 0.2) is 0 Å². The second-order valence-corrected chi connectivity index (χ2v) is 6.02. The molecule has 3 rings (SSSR count). The van der Waals surface area contributed by atoms with Crippen LogP contribution in [0.4, 0.5) is 5.69 Å². The van der Waals surface area contributed by atoms with Crippen LogP contribution in [-0.4, -0.2) is 21.6 Å². The Kier molecular flexibility index (Phi) is 3.47. The number of aromatic carboxylic acids is 1. The van der Waals surface area contributed by atoms with Crippen LogP contribution in [0.3, 0.4) is 0 Å². The van der Waals surface area contributed by atoms with Gasteiger partial charge in [-0.15, -0.1) is 0 Å². The predicted molar refractivity (Wildman–Crippen MR) is 87.2 cm³/mol. The number of carbonyl (C=O) groups is 2. The first kappa shape index (κ1) is 15.3. The van der Waals surface area contributed by atoms with E-state index in [1.807, 2.05) is 11.5 Å². The zero-order chi connectivity index (χ0) is 16.9. The summed E-state index contributed by atoms with van der Waals surface area (Å²) >= 11 is 0. The molecule has 0 radical (unpaired) electrons. The number of carbonyl (C=O) groups excluding carboxylic acids is 1. The molecule has 1 amide bonds. The van der Waals surface area contributed by atoms with Crippen LogP contribution in [-0.2, 0) is 11.2 Å². The normalized spacial score (nSPS) is 16.4. The predicted octanol–water partition coefficient (Wildman–Crippen LogP) is 2.47. The number of nitrogens with one attached hydrogen (secondary N) is 1. The Morgan fingerprint density at radius 3 is 2.65 bits per heavy atom. The number of hydrogen-bond acceptors (Lipinski definition) is 3. The van der Waals surface area contributed by atoms with Crippen molar-refractivity contribution in [1.82, 2.24) is 4.57 Å². The summed E-state index contributed by atoms with van der Waals surface area (Å²) in [6, 6.07) is 3.38. The van der Waals surface area contributed by atoms with Gasteiger partial charge in [0.1, 0.15) is 5.56 Å². The second kappa shape index (κ2) is 5.22. The van der Waals surface area contributed by atoms with Gasteiger partial charge < -0.3 is 15.0 Å². The van der Waals surface area contributed by atoms with Crippen LogP contribution in [0.5, 0.6) is 0 Å². The molecule has 23 heavy (non-hydrogen) atoms. The van der Waals surface area contributed by atoms with E-state index in [1.165, 1.54) is 6.92 Å². The van der Waals surface area contributed by atoms with E-state index >= 15 is 0 Å². The standard InChI is InChI=1S/C17H18N2O4/c1-8-4-5-11-13(18-10(3)20)7-6-12-15(11)19(8)9(2)14(16(12)21)17(22)23/h6-8H,4-5H2,1-3H3,(H,18,20)(H,22,23). The summed E-state index contributed by atoms with van der Waals surface area (Å²) in [6.45, 7) is 5.12. The van der Waals surface area contributed by atoms with Crippen molar-refractivity contribution in [2.75, 3.05) is 5.32 Å². The van der Waals surface area contributed by atoms with Crippen LogP contribution in [0.1, 0.15) is 47.9 Å². The monoisotopic (exact) mass is 314 g/mol. The van der Waals surface area contributed by atoms with Crippen molar-refractivity contribution in [3.8, 4) is 0 Å². The van der Waals surface area contributed by atoms with Crippen LogP contribution >= 0.6 is 0 Å². The average molecular weight is 314 g/mol. The molecule has 1 aliphatic heterocycles. The Bertz CT molecular complexity index is 911. The summed E-state index contributed by atoms with van der Waals surface area (Å²) in [6.07, 6.45) is 1.56. The number of rotatable bonds is 2. The highest BCUT2D eigenvalue weighted by atomic mass is 16.4. The van der Waals surface area contributed by atoms with Crippen LogP contribution in [0.2, 0.25) is 0 Å². The number of hydrogen-bond donors (Lipinski definition) is 2. The Labute approximate surface area is 132 Å². The molecule has 0 spiro atoms. The first-order chi connectivity index (χ1) is 10.8. The molecule has 0 saturated heterocycles. The number of pyridine rings is 1. The molecule has 2 heterocycles. The van der Waals surface area contributed by atoms with Crippen molar-refractivity contribution >= 4 is 28.5 Å². The third-order valence-corrected chi connectivity index (χ3v) is 4.50. The zero-order valence-corrected chi connectivity index (χ0v) is 13.3. The highest BCUT2D eigenvalue weighted by Gasteiger charge is 2.27. The summed E-state index contributed by atoms with van der Waals surface area (Å²) in [7, 11) is 0. The lowest BCUT2D eigenvalue weighted by atomic mass is 9.93. The molecule has 120 valence electrons. The molecule has 0 aliphatic carbocycles. The molecule has 1 aromatic heterocycles. The van der Waals surface area contributed by atoms with E-state index < -0.39 is 11.4 Å². The fourth-order valence-electron chi connectivity index (χ4n) is 3.53. The fraction of sp³-hybridized carbons (Fsp3) is 0.353. The van der Waals surface area contributed by atoms with E-state index in [1.54, 1.807) is 19.1 Å². The van der Waals surface area contributed by atoms with Crippen molar-refractivity contribution in [2.45, 2.75) is 39.7 Å². The molecule has 0 fully saturated rings. The van der Waals surface area contributed by atoms with Crippen molar-refractivity contribution in [3.63, 3.8) is 0 Å². The topological polar surface area (TPSA) is 88.4 Å². The van der Waals surface area contributed by atoms with Gasteiger partial charge in [-0.2, -0.15) is 0 Å². The van der Waals surface area contributed by atoms with Gasteiger partial charge in [-0.25, -0.2) is 4.79 Å². The van der Waals surface area contributed by atoms with Gasteiger partial charge in [0, 0.05) is 35.3 Å². The van der Waals surface area contributed by atoms with E-state index in [4.69, 9.17) is 0 Å². The van der Waals surface area contributed by atoms with Gasteiger partial charge in [0.25, 0.3) is 0 Å². The van der Waals surface area contributed by atoms with E-state index in [0.29, 0.717) is 16.8 Å². The molecule has 2 aromatic rings. The Morgan fingerprint density at radius 2 is 2.04 bits per heavy atom. The molecular formula is C17H18N2O4. The van der Waals surface area contributed by atoms with Crippen LogP contribution in [0, 0.1) is 6.92 Å². The lowest BCUT2D eigenvalue weighted by Crippen LogP contribution is -2.27. The van der Waals surface area contributed by atoms with Crippen LogP contribution < -0.4 is 10.7 Å². The average Bonchev–Trinajstić information content (AvgIpc) is 2.45. The SMILES string of the molecule is CC(=O)Nc1ccc2c(=O)c(C(=O)O)c(C)n3c2c1CCC3C. The Balaban J connectivity index is 2.48. The largest absolute Gasteiger partial charge is 0.477 e. The number of amides is 1. The molecule has 6 nitrogen and oxygen atoms in total. The molecular weight excluding hydrogens is 296 g/mol. The fourth-order valence-corrected chi connectivity index (χ4v) is 3.53. The summed E-state index contributed by atoms with van der Waals surface area (Å²) in [5.74, 6) is -1.38. The maximum absolute atomic E-state index is 12.6. The number of carboxylic acids is 1. The number of aromatic nitrogens is 1. The number of carboxylic acid groups (broad SMARTS) is 1. The van der Waals surface area contributed by atoms with Crippen molar-refractivity contribution in [2.24, 2.45) is 0 Å². The smallest absolute Gasteiger partial charge is 0.341 e. The van der Waals surface area contributed by atoms with E-state index in [-0.39, 0.29) is 17.5 Å². The van der Waals surface area contributed by atoms with E-state index in [2.05, 4.69) is 5.32 Å². The summed E-state index contributed by atoms with van der Waals surface area (Å²) in [5, 5.41) is 12.6. The molecule has 0 saturated carbocycles.